The number of aliphatic hydroxyl groups is 2. The topological polar surface area (TPSA) is 94.5 Å². The Balaban J connectivity index is 2.64. The van der Waals surface area contributed by atoms with Crippen molar-refractivity contribution in [2.24, 2.45) is 11.8 Å². The zero-order valence-corrected chi connectivity index (χ0v) is 20.6. The summed E-state index contributed by atoms with van der Waals surface area (Å²) in [5.41, 5.74) is 1.28. The minimum atomic E-state index is -1.08. The maximum absolute atomic E-state index is 12.5. The van der Waals surface area contributed by atoms with Gasteiger partial charge in [0.15, 0.2) is 0 Å². The third-order valence-corrected chi connectivity index (χ3v) is 5.65. The van der Waals surface area contributed by atoms with E-state index in [0.717, 1.165) is 37.9 Å². The first-order valence-electron chi connectivity index (χ1n) is 11.9. The molecule has 7 nitrogen and oxygen atoms in total. The smallest absolute Gasteiger partial charge is 0.309 e. The maximum atomic E-state index is 12.5. The molecule has 0 radical (unpaired) electrons. The first-order chi connectivity index (χ1) is 16.0. The molecule has 0 aliphatic rings. The van der Waals surface area contributed by atoms with Crippen molar-refractivity contribution in [3.8, 4) is 5.75 Å². The molecule has 1 rings (SSSR count). The number of allylic oxidation sites excluding steroid dienone is 1. The zero-order valence-electron chi connectivity index (χ0n) is 20.6. The molecule has 0 aromatic heterocycles. The Morgan fingerprint density at radius 1 is 1.03 bits per heavy atom. The van der Waals surface area contributed by atoms with Crippen molar-refractivity contribution in [2.45, 2.75) is 64.6 Å². The number of hydrogen-bond acceptors (Lipinski definition) is 7. The van der Waals surface area contributed by atoms with E-state index in [1.165, 1.54) is 12.7 Å². The summed E-state index contributed by atoms with van der Waals surface area (Å²) in [6.07, 6.45) is 6.74. The second-order valence-corrected chi connectivity index (χ2v) is 8.10. The van der Waals surface area contributed by atoms with Gasteiger partial charge in [-0.2, -0.15) is 0 Å². The van der Waals surface area contributed by atoms with Gasteiger partial charge < -0.3 is 29.2 Å². The van der Waals surface area contributed by atoms with Gasteiger partial charge >= 0.3 is 5.97 Å². The molecule has 1 aromatic rings. The summed E-state index contributed by atoms with van der Waals surface area (Å²) >= 11 is 0. The number of unbranched alkanes of at least 4 members (excludes halogenated alkanes) is 2. The molecular weight excluding hydrogens is 424 g/mol. The Morgan fingerprint density at radius 2 is 1.76 bits per heavy atom. The molecule has 0 unspecified atom stereocenters. The lowest BCUT2D eigenvalue weighted by molar-refractivity contribution is -0.149. The molecule has 7 heteroatoms. The molecule has 0 aliphatic carbocycles. The van der Waals surface area contributed by atoms with Gasteiger partial charge in [0, 0.05) is 7.11 Å². The van der Waals surface area contributed by atoms with E-state index in [1.54, 1.807) is 20.1 Å². The summed E-state index contributed by atoms with van der Waals surface area (Å²) < 4.78 is 20.4. The van der Waals surface area contributed by atoms with Crippen LogP contribution < -0.4 is 4.74 Å². The lowest BCUT2D eigenvalue weighted by atomic mass is 9.85. The first kappa shape index (κ1) is 29.1. The van der Waals surface area contributed by atoms with E-state index in [0.29, 0.717) is 13.0 Å². The normalized spacial score (nSPS) is 15.2. The average Bonchev–Trinajstić information content (AvgIpc) is 2.82. The minimum Gasteiger partial charge on any atom is -0.497 e. The summed E-state index contributed by atoms with van der Waals surface area (Å²) in [5, 5.41) is 20.3. The maximum Gasteiger partial charge on any atom is 0.309 e. The number of esters is 1. The van der Waals surface area contributed by atoms with Crippen molar-refractivity contribution >= 4 is 5.97 Å². The van der Waals surface area contributed by atoms with Crippen LogP contribution in [0.1, 0.15) is 51.5 Å². The highest BCUT2D eigenvalue weighted by Gasteiger charge is 2.26. The van der Waals surface area contributed by atoms with Crippen LogP contribution in [0.15, 0.2) is 36.4 Å². The number of carbonyl (C=O) groups is 1. The predicted octanol–water partition coefficient (Wildman–Crippen LogP) is 3.90. The molecule has 0 aliphatic heterocycles. The number of hydrogen-bond donors (Lipinski definition) is 2. The number of methoxy groups -OCH3 is 2. The third-order valence-electron chi connectivity index (χ3n) is 5.65. The van der Waals surface area contributed by atoms with Gasteiger partial charge in [-0.15, -0.1) is 0 Å². The summed E-state index contributed by atoms with van der Waals surface area (Å²) in [6.45, 7) is 4.12. The van der Waals surface area contributed by atoms with Gasteiger partial charge in [0.2, 0.25) is 0 Å². The van der Waals surface area contributed by atoms with Gasteiger partial charge in [-0.05, 0) is 56.2 Å². The molecule has 0 heterocycles. The molecule has 2 N–H and O–H groups in total. The Kier molecular flexibility index (Phi) is 15.5. The van der Waals surface area contributed by atoms with E-state index in [1.807, 2.05) is 25.1 Å². The Bertz CT molecular complexity index is 659. The van der Waals surface area contributed by atoms with Crippen molar-refractivity contribution in [3.05, 3.63) is 42.0 Å². The van der Waals surface area contributed by atoms with E-state index in [9.17, 15) is 15.0 Å². The highest BCUT2D eigenvalue weighted by atomic mass is 16.7. The monoisotopic (exact) mass is 466 g/mol. The second kappa shape index (κ2) is 17.5. The van der Waals surface area contributed by atoms with Crippen molar-refractivity contribution in [3.63, 3.8) is 0 Å². The van der Waals surface area contributed by atoms with Crippen molar-refractivity contribution in [1.82, 2.24) is 0 Å². The van der Waals surface area contributed by atoms with E-state index >= 15 is 0 Å². The van der Waals surface area contributed by atoms with Gasteiger partial charge in [-0.3, -0.25) is 4.79 Å². The van der Waals surface area contributed by atoms with E-state index in [4.69, 9.17) is 18.9 Å². The predicted molar refractivity (Wildman–Crippen MR) is 128 cm³/mol. The van der Waals surface area contributed by atoms with Crippen LogP contribution >= 0.6 is 0 Å². The van der Waals surface area contributed by atoms with Gasteiger partial charge in [0.1, 0.15) is 24.8 Å². The minimum absolute atomic E-state index is 0.0372. The number of aliphatic hydroxyl groups excluding tert-OH is 2. The van der Waals surface area contributed by atoms with Crippen LogP contribution in [-0.2, 0) is 25.4 Å². The molecule has 0 bridgehead atoms. The number of ether oxygens (including phenoxy) is 4. The lowest BCUT2D eigenvalue weighted by Crippen LogP contribution is -2.30. The average molecular weight is 467 g/mol. The standard InChI is InChI=1S/C26H42O7/c1-5-23(26(29)33-6-2)21(14-17-24(27)25(28)18-32-19-30-3)11-9-7-8-10-20-12-15-22(31-4)16-13-20/h12-17,21,23-25,27-28H,5-11,18-19H2,1-4H3/t21-,23+,24+,25+/m0/s1. The van der Waals surface area contributed by atoms with Crippen LogP contribution in [0.25, 0.3) is 0 Å². The van der Waals surface area contributed by atoms with Crippen LogP contribution in [0.5, 0.6) is 5.75 Å². The summed E-state index contributed by atoms with van der Waals surface area (Å²) in [6, 6.07) is 8.12. The fourth-order valence-corrected chi connectivity index (χ4v) is 3.74. The number of aryl methyl sites for hydroxylation is 1. The van der Waals surface area contributed by atoms with Gasteiger partial charge in [0.05, 0.1) is 26.2 Å². The molecule has 0 saturated heterocycles. The fourth-order valence-electron chi connectivity index (χ4n) is 3.74. The van der Waals surface area contributed by atoms with Crippen LogP contribution in [0.4, 0.5) is 0 Å². The first-order valence-corrected chi connectivity index (χ1v) is 11.9. The number of rotatable bonds is 18. The fraction of sp³-hybridized carbons (Fsp3) is 0.654. The highest BCUT2D eigenvalue weighted by Crippen LogP contribution is 2.26. The highest BCUT2D eigenvalue weighted by molar-refractivity contribution is 5.73. The van der Waals surface area contributed by atoms with Crippen molar-refractivity contribution in [2.75, 3.05) is 34.2 Å². The molecule has 33 heavy (non-hydrogen) atoms. The number of benzene rings is 1. The van der Waals surface area contributed by atoms with Gasteiger partial charge in [-0.1, -0.05) is 44.1 Å². The van der Waals surface area contributed by atoms with Crippen molar-refractivity contribution in [1.29, 1.82) is 0 Å². The number of carbonyl (C=O) groups excluding carboxylic acids is 1. The Morgan fingerprint density at radius 3 is 2.36 bits per heavy atom. The quantitative estimate of drug-likeness (QED) is 0.147. The van der Waals surface area contributed by atoms with Crippen LogP contribution in [0, 0.1) is 11.8 Å². The SMILES string of the molecule is CCOC(=O)[C@H](CC)[C@H](C=C[C@@H](O)[C@H](O)COCOC)CCCCCc1ccc(OC)cc1. The molecule has 1 aromatic carbocycles. The summed E-state index contributed by atoms with van der Waals surface area (Å²) in [4.78, 5) is 12.5. The van der Waals surface area contributed by atoms with Gasteiger partial charge in [-0.25, -0.2) is 0 Å². The Hall–Kier alpha value is -1.93. The largest absolute Gasteiger partial charge is 0.497 e. The third kappa shape index (κ3) is 11.7. The molecule has 0 fully saturated rings. The molecule has 188 valence electrons. The van der Waals surface area contributed by atoms with Crippen LogP contribution in [0.3, 0.4) is 0 Å². The zero-order chi connectivity index (χ0) is 24.5. The van der Waals surface area contributed by atoms with Gasteiger partial charge in [0.25, 0.3) is 0 Å². The molecular formula is C26H42O7. The summed E-state index contributed by atoms with van der Waals surface area (Å²) in [7, 11) is 3.15. The molecule has 0 amide bonds. The van der Waals surface area contributed by atoms with E-state index in [-0.39, 0.29) is 31.2 Å². The Labute approximate surface area is 198 Å². The molecule has 4 atom stereocenters. The lowest BCUT2D eigenvalue weighted by Gasteiger charge is -2.23. The van der Waals surface area contributed by atoms with E-state index < -0.39 is 12.2 Å². The van der Waals surface area contributed by atoms with Crippen LogP contribution in [-0.4, -0.2) is 62.6 Å². The molecule has 0 saturated carbocycles. The van der Waals surface area contributed by atoms with E-state index in [2.05, 4.69) is 12.1 Å². The molecule has 0 spiro atoms. The van der Waals surface area contributed by atoms with Crippen LogP contribution in [0.2, 0.25) is 0 Å². The second-order valence-electron chi connectivity index (χ2n) is 8.10. The summed E-state index contributed by atoms with van der Waals surface area (Å²) in [5.74, 6) is 0.288. The van der Waals surface area contributed by atoms with Crippen molar-refractivity contribution < 1.29 is 34.0 Å².